The molecule has 31 heavy (non-hydrogen) atoms. The average Bonchev–Trinajstić information content (AvgIpc) is 3.30. The number of carbonyl (C=O) groups excluding carboxylic acids is 1. The maximum absolute atomic E-state index is 13.2. The number of nitrogens with zero attached hydrogens (tertiary/aromatic N) is 3. The number of rotatable bonds is 5. The Morgan fingerprint density at radius 3 is 2.61 bits per heavy atom. The van der Waals surface area contributed by atoms with E-state index in [0.717, 1.165) is 22.5 Å². The summed E-state index contributed by atoms with van der Waals surface area (Å²) in [4.78, 5) is 18.1. The predicted octanol–water partition coefficient (Wildman–Crippen LogP) is 4.43. The fourth-order valence-electron chi connectivity index (χ4n) is 3.55. The van der Waals surface area contributed by atoms with E-state index in [1.807, 2.05) is 35.9 Å². The molecule has 0 saturated carbocycles. The van der Waals surface area contributed by atoms with Crippen LogP contribution in [0.3, 0.4) is 0 Å². The van der Waals surface area contributed by atoms with Crippen molar-refractivity contribution in [3.8, 4) is 11.4 Å². The molecule has 1 aromatic heterocycles. The van der Waals surface area contributed by atoms with Crippen LogP contribution in [0.15, 0.2) is 60.7 Å². The van der Waals surface area contributed by atoms with Crippen LogP contribution >= 0.6 is 0 Å². The van der Waals surface area contributed by atoms with Gasteiger partial charge in [0.25, 0.3) is 0 Å². The van der Waals surface area contributed by atoms with Crippen LogP contribution in [0.4, 0.5) is 9.18 Å². The standard InChI is InChI=1S/C23H22FN5O2/c1-14-12-28(13-26-14)20-9-4-16(11-21(20)31-3)10-19-22(25)29(23(30)27-19)15(2)17-5-7-18(24)8-6-17/h4-13,15,25H,1-3H3,(H,27,30). The summed E-state index contributed by atoms with van der Waals surface area (Å²) in [7, 11) is 1.59. The van der Waals surface area contributed by atoms with Gasteiger partial charge in [0.1, 0.15) is 11.6 Å². The molecule has 0 radical (unpaired) electrons. The molecule has 2 aromatic carbocycles. The largest absolute Gasteiger partial charge is 0.495 e. The number of aromatic nitrogens is 2. The van der Waals surface area contributed by atoms with Crippen molar-refractivity contribution in [1.82, 2.24) is 19.8 Å². The molecule has 1 aliphatic rings. The molecule has 7 nitrogen and oxygen atoms in total. The first-order chi connectivity index (χ1) is 14.9. The van der Waals surface area contributed by atoms with E-state index in [1.165, 1.54) is 17.0 Å². The van der Waals surface area contributed by atoms with E-state index in [0.29, 0.717) is 11.4 Å². The maximum atomic E-state index is 13.2. The van der Waals surface area contributed by atoms with Gasteiger partial charge in [-0.2, -0.15) is 0 Å². The van der Waals surface area contributed by atoms with E-state index < -0.39 is 12.1 Å². The first kappa shape index (κ1) is 20.3. The van der Waals surface area contributed by atoms with Gasteiger partial charge in [-0.25, -0.2) is 14.2 Å². The molecule has 1 fully saturated rings. The van der Waals surface area contributed by atoms with Crippen LogP contribution in [-0.2, 0) is 0 Å². The van der Waals surface area contributed by atoms with E-state index >= 15 is 0 Å². The van der Waals surface area contributed by atoms with Crippen molar-refractivity contribution in [3.05, 3.63) is 83.3 Å². The molecule has 1 aliphatic heterocycles. The third-order valence-electron chi connectivity index (χ3n) is 5.20. The van der Waals surface area contributed by atoms with Gasteiger partial charge in [-0.05, 0) is 55.3 Å². The summed E-state index contributed by atoms with van der Waals surface area (Å²) in [5, 5.41) is 11.2. The molecule has 0 aliphatic carbocycles. The fraction of sp³-hybridized carbons (Fsp3) is 0.174. The molecule has 2 amide bonds. The van der Waals surface area contributed by atoms with Crippen LogP contribution in [0.1, 0.15) is 29.8 Å². The first-order valence-corrected chi connectivity index (χ1v) is 9.72. The highest BCUT2D eigenvalue weighted by atomic mass is 19.1. The number of methoxy groups -OCH3 is 1. The number of nitrogens with one attached hydrogen (secondary N) is 2. The monoisotopic (exact) mass is 419 g/mol. The summed E-state index contributed by atoms with van der Waals surface area (Å²) in [6, 6.07) is 10.7. The zero-order valence-corrected chi connectivity index (χ0v) is 17.4. The maximum Gasteiger partial charge on any atom is 0.328 e. The van der Waals surface area contributed by atoms with Crippen molar-refractivity contribution in [2.24, 2.45) is 0 Å². The van der Waals surface area contributed by atoms with Crippen LogP contribution in [0.5, 0.6) is 5.75 Å². The Kier molecular flexibility index (Phi) is 5.29. The first-order valence-electron chi connectivity index (χ1n) is 9.72. The molecule has 0 spiro atoms. The zero-order valence-electron chi connectivity index (χ0n) is 17.4. The average molecular weight is 419 g/mol. The number of hydrogen-bond acceptors (Lipinski definition) is 4. The normalized spacial score (nSPS) is 16.0. The number of carbonyl (C=O) groups is 1. The Bertz CT molecular complexity index is 1180. The lowest BCUT2D eigenvalue weighted by molar-refractivity contribution is 0.220. The van der Waals surface area contributed by atoms with Gasteiger partial charge >= 0.3 is 6.03 Å². The molecule has 1 atom stereocenters. The molecule has 158 valence electrons. The van der Waals surface area contributed by atoms with Gasteiger partial charge in [0, 0.05) is 6.20 Å². The van der Waals surface area contributed by atoms with Crippen LogP contribution < -0.4 is 10.1 Å². The highest BCUT2D eigenvalue weighted by Gasteiger charge is 2.34. The molecule has 8 heteroatoms. The Morgan fingerprint density at radius 1 is 1.23 bits per heavy atom. The Labute approximate surface area is 179 Å². The number of benzene rings is 2. The van der Waals surface area contributed by atoms with Crippen molar-refractivity contribution >= 4 is 17.9 Å². The number of halogens is 1. The van der Waals surface area contributed by atoms with E-state index in [9.17, 15) is 9.18 Å². The van der Waals surface area contributed by atoms with Gasteiger partial charge in [-0.15, -0.1) is 0 Å². The Hall–Kier alpha value is -3.94. The molecule has 2 N–H and O–H groups in total. The summed E-state index contributed by atoms with van der Waals surface area (Å²) in [5.74, 6) is 0.343. The Balaban J connectivity index is 1.61. The van der Waals surface area contributed by atoms with E-state index in [1.54, 1.807) is 38.6 Å². The molecule has 4 rings (SSSR count). The number of ether oxygens (including phenoxy) is 1. The summed E-state index contributed by atoms with van der Waals surface area (Å²) < 4.78 is 20.6. The number of aryl methyl sites for hydroxylation is 1. The smallest absolute Gasteiger partial charge is 0.328 e. The van der Waals surface area contributed by atoms with E-state index in [-0.39, 0.29) is 11.7 Å². The number of amides is 2. The molecule has 3 aromatic rings. The number of imidazole rings is 1. The fourth-order valence-corrected chi connectivity index (χ4v) is 3.55. The second-order valence-corrected chi connectivity index (χ2v) is 7.29. The van der Waals surface area contributed by atoms with Crippen LogP contribution in [0.25, 0.3) is 11.8 Å². The third-order valence-corrected chi connectivity index (χ3v) is 5.20. The number of urea groups is 1. The van der Waals surface area contributed by atoms with Crippen LogP contribution in [-0.4, -0.2) is 33.4 Å². The Morgan fingerprint density at radius 2 is 1.97 bits per heavy atom. The molecule has 0 bridgehead atoms. The van der Waals surface area contributed by atoms with E-state index in [2.05, 4.69) is 10.3 Å². The predicted molar refractivity (Wildman–Crippen MR) is 116 cm³/mol. The summed E-state index contributed by atoms with van der Waals surface area (Å²) in [6.07, 6.45) is 5.34. The van der Waals surface area contributed by atoms with Gasteiger partial charge in [-0.1, -0.05) is 18.2 Å². The van der Waals surface area contributed by atoms with Crippen molar-refractivity contribution in [2.75, 3.05) is 7.11 Å². The minimum absolute atomic E-state index is 0.0510. The molecule has 1 saturated heterocycles. The quantitative estimate of drug-likeness (QED) is 0.642. The molecule has 1 unspecified atom stereocenters. The van der Waals surface area contributed by atoms with Crippen molar-refractivity contribution in [2.45, 2.75) is 19.9 Å². The second kappa shape index (κ2) is 8.06. The van der Waals surface area contributed by atoms with Crippen molar-refractivity contribution in [1.29, 1.82) is 5.41 Å². The van der Waals surface area contributed by atoms with Gasteiger partial charge in [0.2, 0.25) is 0 Å². The highest BCUT2D eigenvalue weighted by molar-refractivity contribution is 6.15. The highest BCUT2D eigenvalue weighted by Crippen LogP contribution is 2.29. The summed E-state index contributed by atoms with van der Waals surface area (Å²) >= 11 is 0. The topological polar surface area (TPSA) is 83.2 Å². The van der Waals surface area contributed by atoms with Gasteiger partial charge in [-0.3, -0.25) is 10.3 Å². The lowest BCUT2D eigenvalue weighted by atomic mass is 10.1. The van der Waals surface area contributed by atoms with Gasteiger partial charge < -0.3 is 14.6 Å². The second-order valence-electron chi connectivity index (χ2n) is 7.29. The minimum Gasteiger partial charge on any atom is -0.495 e. The van der Waals surface area contributed by atoms with Gasteiger partial charge in [0.05, 0.1) is 36.6 Å². The SMILES string of the molecule is COc1cc(C=C2NC(=O)N(C(C)c3ccc(F)cc3)C2=N)ccc1-n1cnc(C)c1. The minimum atomic E-state index is -0.416. The van der Waals surface area contributed by atoms with E-state index in [4.69, 9.17) is 10.1 Å². The summed E-state index contributed by atoms with van der Waals surface area (Å²) in [6.45, 7) is 3.71. The van der Waals surface area contributed by atoms with Crippen LogP contribution in [0.2, 0.25) is 0 Å². The third kappa shape index (κ3) is 3.92. The summed E-state index contributed by atoms with van der Waals surface area (Å²) in [5.41, 5.74) is 3.62. The zero-order chi connectivity index (χ0) is 22.1. The molecule has 2 heterocycles. The van der Waals surface area contributed by atoms with Crippen molar-refractivity contribution in [3.63, 3.8) is 0 Å². The lowest BCUT2D eigenvalue weighted by Gasteiger charge is -2.22. The molecular weight excluding hydrogens is 397 g/mol. The number of hydrogen-bond donors (Lipinski definition) is 2. The van der Waals surface area contributed by atoms with Crippen LogP contribution in [0, 0.1) is 18.2 Å². The van der Waals surface area contributed by atoms with Crippen molar-refractivity contribution < 1.29 is 13.9 Å². The molecular formula is C23H22FN5O2. The van der Waals surface area contributed by atoms with Gasteiger partial charge in [0.15, 0.2) is 5.84 Å². The number of amidine groups is 1. The lowest BCUT2D eigenvalue weighted by Crippen LogP contribution is -2.33.